The van der Waals surface area contributed by atoms with Crippen LogP contribution in [0.15, 0.2) is 0 Å². The molecule has 0 unspecified atom stereocenters. The molecule has 0 bridgehead atoms. The third-order valence-corrected chi connectivity index (χ3v) is 5.87. The van der Waals surface area contributed by atoms with Crippen LogP contribution in [-0.4, -0.2) is 11.9 Å². The SMILES string of the molecule is CCCC(C)(C)[C@@H](CCCCC(C)(C)C)C(=O)OOOOC(=O)CCCCCC(C)(C)C. The van der Waals surface area contributed by atoms with Crippen LogP contribution in [0.3, 0.4) is 0 Å². The maximum atomic E-state index is 12.7. The van der Waals surface area contributed by atoms with Crippen LogP contribution >= 0.6 is 0 Å². The summed E-state index contributed by atoms with van der Waals surface area (Å²) in [7, 11) is 0. The van der Waals surface area contributed by atoms with Crippen LogP contribution in [0, 0.1) is 22.2 Å². The van der Waals surface area contributed by atoms with Gasteiger partial charge in [-0.25, -0.2) is 9.59 Å². The summed E-state index contributed by atoms with van der Waals surface area (Å²) >= 11 is 0. The molecule has 0 aliphatic carbocycles. The molecule has 6 nitrogen and oxygen atoms in total. The summed E-state index contributed by atoms with van der Waals surface area (Å²) in [4.78, 5) is 33.7. The summed E-state index contributed by atoms with van der Waals surface area (Å²) in [6.45, 7) is 19.5. The zero-order valence-corrected chi connectivity index (χ0v) is 22.3. The van der Waals surface area contributed by atoms with Gasteiger partial charge in [-0.05, 0) is 48.3 Å². The highest BCUT2D eigenvalue weighted by molar-refractivity contribution is 5.72. The minimum Gasteiger partial charge on any atom is -0.266 e. The van der Waals surface area contributed by atoms with E-state index < -0.39 is 11.9 Å². The lowest BCUT2D eigenvalue weighted by Crippen LogP contribution is -2.32. The lowest BCUT2D eigenvalue weighted by Gasteiger charge is -2.32. The van der Waals surface area contributed by atoms with Crippen LogP contribution in [0.2, 0.25) is 0 Å². The Morgan fingerprint density at radius 1 is 0.688 bits per heavy atom. The van der Waals surface area contributed by atoms with Crippen molar-refractivity contribution >= 4 is 11.9 Å². The average Bonchev–Trinajstić information content (AvgIpc) is 2.62. The Kier molecular flexibility index (Phi) is 14.4. The molecule has 6 heteroatoms. The number of hydrogen-bond donors (Lipinski definition) is 0. The van der Waals surface area contributed by atoms with Crippen molar-refractivity contribution in [3.05, 3.63) is 0 Å². The molecule has 0 amide bonds. The first-order chi connectivity index (χ1) is 14.7. The Morgan fingerprint density at radius 2 is 1.22 bits per heavy atom. The molecule has 0 aliphatic heterocycles. The van der Waals surface area contributed by atoms with Crippen LogP contribution in [0.25, 0.3) is 0 Å². The van der Waals surface area contributed by atoms with E-state index in [2.05, 4.69) is 77.3 Å². The van der Waals surface area contributed by atoms with Crippen molar-refractivity contribution < 1.29 is 29.4 Å². The van der Waals surface area contributed by atoms with E-state index in [0.717, 1.165) is 64.2 Å². The van der Waals surface area contributed by atoms with Crippen LogP contribution in [0.1, 0.15) is 133 Å². The zero-order valence-electron chi connectivity index (χ0n) is 22.3. The molecule has 0 radical (unpaired) electrons. The van der Waals surface area contributed by atoms with Crippen molar-refractivity contribution in [2.75, 3.05) is 0 Å². The molecule has 32 heavy (non-hydrogen) atoms. The van der Waals surface area contributed by atoms with E-state index >= 15 is 0 Å². The van der Waals surface area contributed by atoms with Crippen molar-refractivity contribution in [2.45, 2.75) is 133 Å². The molecule has 190 valence electrons. The fourth-order valence-electron chi connectivity index (χ4n) is 3.95. The second-order valence-electron chi connectivity index (χ2n) is 12.2. The first-order valence-electron chi connectivity index (χ1n) is 12.4. The van der Waals surface area contributed by atoms with Gasteiger partial charge in [0.25, 0.3) is 0 Å². The highest BCUT2D eigenvalue weighted by atomic mass is 17.7. The summed E-state index contributed by atoms with van der Waals surface area (Å²) in [5.41, 5.74) is 0.362. The Balaban J connectivity index is 4.32. The Bertz CT molecular complexity index is 527. The minimum atomic E-state index is -0.540. The van der Waals surface area contributed by atoms with E-state index in [9.17, 15) is 9.59 Å². The smallest absolute Gasteiger partial charge is 0.266 e. The van der Waals surface area contributed by atoms with Gasteiger partial charge in [0.1, 0.15) is 0 Å². The molecule has 0 spiro atoms. The lowest BCUT2D eigenvalue weighted by molar-refractivity contribution is -0.601. The van der Waals surface area contributed by atoms with Gasteiger partial charge in [0.2, 0.25) is 0 Å². The summed E-state index contributed by atoms with van der Waals surface area (Å²) in [5, 5.41) is 8.84. The molecule has 0 saturated heterocycles. The Hall–Kier alpha value is -1.14. The highest BCUT2D eigenvalue weighted by Gasteiger charge is 2.36. The second-order valence-corrected chi connectivity index (χ2v) is 12.2. The third-order valence-electron chi connectivity index (χ3n) is 5.87. The van der Waals surface area contributed by atoms with E-state index in [-0.39, 0.29) is 23.2 Å². The normalized spacial score (nSPS) is 13.7. The third kappa shape index (κ3) is 16.5. The zero-order chi connectivity index (χ0) is 24.8. The van der Waals surface area contributed by atoms with E-state index in [4.69, 9.17) is 4.89 Å². The van der Waals surface area contributed by atoms with Crippen molar-refractivity contribution in [3.63, 3.8) is 0 Å². The first-order valence-corrected chi connectivity index (χ1v) is 12.4. The van der Waals surface area contributed by atoms with Gasteiger partial charge in [0, 0.05) is 16.5 Å². The Labute approximate surface area is 196 Å². The molecule has 1 atom stereocenters. The number of carbonyl (C=O) groups is 2. The second kappa shape index (κ2) is 14.9. The summed E-state index contributed by atoms with van der Waals surface area (Å²) in [5.74, 6) is -1.34. The quantitative estimate of drug-likeness (QED) is 0.133. The van der Waals surface area contributed by atoms with Crippen molar-refractivity contribution in [1.29, 1.82) is 0 Å². The molecular formula is C26H50O6. The molecule has 0 fully saturated rings. The van der Waals surface area contributed by atoms with Crippen molar-refractivity contribution in [2.24, 2.45) is 22.2 Å². The summed E-state index contributed by atoms with van der Waals surface area (Å²) < 4.78 is 0. The van der Waals surface area contributed by atoms with Crippen LogP contribution in [-0.2, 0) is 29.4 Å². The van der Waals surface area contributed by atoms with E-state index in [0.29, 0.717) is 5.41 Å². The average molecular weight is 459 g/mol. The van der Waals surface area contributed by atoms with Crippen LogP contribution < -0.4 is 0 Å². The van der Waals surface area contributed by atoms with Gasteiger partial charge >= 0.3 is 11.9 Å². The van der Waals surface area contributed by atoms with Crippen molar-refractivity contribution in [3.8, 4) is 0 Å². The minimum absolute atomic E-state index is 0.222. The molecular weight excluding hydrogens is 408 g/mol. The Morgan fingerprint density at radius 3 is 1.75 bits per heavy atom. The maximum absolute atomic E-state index is 12.7. The van der Waals surface area contributed by atoms with Gasteiger partial charge < -0.3 is 0 Å². The number of hydrogen-bond acceptors (Lipinski definition) is 6. The standard InChI is InChI=1S/C26H50O6/c1-10-18-26(8,9)21(16-13-15-20-25(5,6)7)23(28)30-32-31-29-22(27)17-12-11-14-19-24(2,3)4/h21H,10-20H2,1-9H3/t21-/m0/s1. The van der Waals surface area contributed by atoms with E-state index in [1.165, 1.54) is 0 Å². The fourth-order valence-corrected chi connectivity index (χ4v) is 3.95. The highest BCUT2D eigenvalue weighted by Crippen LogP contribution is 2.37. The van der Waals surface area contributed by atoms with Crippen molar-refractivity contribution in [1.82, 2.24) is 0 Å². The molecule has 0 N–H and O–H groups in total. The summed E-state index contributed by atoms with van der Waals surface area (Å²) in [6.07, 6.45) is 9.79. The molecule has 0 heterocycles. The number of unbranched alkanes of at least 4 members (excludes halogenated alkanes) is 3. The lowest BCUT2D eigenvalue weighted by atomic mass is 9.73. The molecule has 0 aromatic heterocycles. The molecule has 0 saturated carbocycles. The predicted molar refractivity (Wildman–Crippen MR) is 127 cm³/mol. The maximum Gasteiger partial charge on any atom is 0.349 e. The molecule has 0 aromatic rings. The van der Waals surface area contributed by atoms with Crippen LogP contribution in [0.5, 0.6) is 0 Å². The van der Waals surface area contributed by atoms with E-state index in [1.807, 2.05) is 0 Å². The van der Waals surface area contributed by atoms with Gasteiger partial charge in [0.15, 0.2) is 0 Å². The summed E-state index contributed by atoms with van der Waals surface area (Å²) in [6, 6.07) is 0. The molecule has 0 aromatic carbocycles. The van der Waals surface area contributed by atoms with E-state index in [1.54, 1.807) is 0 Å². The van der Waals surface area contributed by atoms with Gasteiger partial charge in [-0.1, -0.05) is 94.4 Å². The molecule has 0 aliphatic rings. The monoisotopic (exact) mass is 458 g/mol. The number of carbonyl (C=O) groups excluding carboxylic acids is 2. The first kappa shape index (κ1) is 30.9. The molecule has 0 rings (SSSR count). The number of rotatable bonds is 16. The predicted octanol–water partition coefficient (Wildman–Crippen LogP) is 7.90. The fraction of sp³-hybridized carbons (Fsp3) is 0.923. The van der Waals surface area contributed by atoms with Crippen LogP contribution in [0.4, 0.5) is 0 Å². The van der Waals surface area contributed by atoms with Gasteiger partial charge in [-0.15, -0.1) is 0 Å². The largest absolute Gasteiger partial charge is 0.349 e. The van der Waals surface area contributed by atoms with Gasteiger partial charge in [-0.2, -0.15) is 0 Å². The topological polar surface area (TPSA) is 71.1 Å². The van der Waals surface area contributed by atoms with Gasteiger partial charge in [0.05, 0.1) is 5.92 Å². The van der Waals surface area contributed by atoms with Gasteiger partial charge in [-0.3, -0.25) is 9.78 Å².